The van der Waals surface area contributed by atoms with E-state index in [9.17, 15) is 0 Å². The molecule has 24 heavy (non-hydrogen) atoms. The summed E-state index contributed by atoms with van der Waals surface area (Å²) in [6, 6.07) is 16.4. The number of aromatic nitrogens is 3. The Bertz CT molecular complexity index is 1050. The lowest BCUT2D eigenvalue weighted by Gasteiger charge is -2.21. The van der Waals surface area contributed by atoms with Crippen molar-refractivity contribution in [3.05, 3.63) is 54.7 Å². The minimum absolute atomic E-state index is 0.127. The van der Waals surface area contributed by atoms with Crippen LogP contribution in [0.3, 0.4) is 0 Å². The van der Waals surface area contributed by atoms with E-state index in [0.29, 0.717) is 16.9 Å². The van der Waals surface area contributed by atoms with E-state index < -0.39 is 0 Å². The van der Waals surface area contributed by atoms with Crippen LogP contribution in [0.5, 0.6) is 0 Å². The Kier molecular flexibility index (Phi) is 3.16. The maximum absolute atomic E-state index is 5.97. The van der Waals surface area contributed by atoms with Gasteiger partial charge < -0.3 is 16.4 Å². The summed E-state index contributed by atoms with van der Waals surface area (Å²) in [5.74, 6) is 0.459. The molecule has 0 unspecified atom stereocenters. The van der Waals surface area contributed by atoms with Crippen molar-refractivity contribution in [1.29, 1.82) is 0 Å². The summed E-state index contributed by atoms with van der Waals surface area (Å²) < 4.78 is 0. The fourth-order valence-electron chi connectivity index (χ4n) is 2.86. The lowest BCUT2D eigenvalue weighted by Crippen LogP contribution is -2.11. The van der Waals surface area contributed by atoms with Gasteiger partial charge in [0.2, 0.25) is 5.95 Å². The average Bonchev–Trinajstić information content (AvgIpc) is 2.60. The zero-order valence-electron chi connectivity index (χ0n) is 13.1. The summed E-state index contributed by atoms with van der Waals surface area (Å²) in [7, 11) is 2.00. The lowest BCUT2D eigenvalue weighted by atomic mass is 10.1. The number of benzene rings is 2. The van der Waals surface area contributed by atoms with Crippen molar-refractivity contribution in [2.24, 2.45) is 0 Å². The SMILES string of the molecule is CN(c1cnc2nc(N)nc(N)c2c1)c1cccc2ccccc12. The molecule has 2 aromatic carbocycles. The van der Waals surface area contributed by atoms with Gasteiger partial charge in [-0.15, -0.1) is 0 Å². The second-order valence-corrected chi connectivity index (χ2v) is 5.59. The number of nitrogen functional groups attached to an aromatic ring is 2. The van der Waals surface area contributed by atoms with E-state index in [4.69, 9.17) is 11.5 Å². The van der Waals surface area contributed by atoms with Crippen molar-refractivity contribution in [3.8, 4) is 0 Å². The van der Waals surface area contributed by atoms with Gasteiger partial charge in [-0.2, -0.15) is 9.97 Å². The van der Waals surface area contributed by atoms with Crippen LogP contribution >= 0.6 is 0 Å². The summed E-state index contributed by atoms with van der Waals surface area (Å²) in [5.41, 5.74) is 14.1. The number of rotatable bonds is 2. The van der Waals surface area contributed by atoms with Gasteiger partial charge in [0.05, 0.1) is 17.3 Å². The van der Waals surface area contributed by atoms with Crippen molar-refractivity contribution in [1.82, 2.24) is 15.0 Å². The van der Waals surface area contributed by atoms with Crippen molar-refractivity contribution < 1.29 is 0 Å². The molecule has 0 aliphatic carbocycles. The Labute approximate surface area is 138 Å². The van der Waals surface area contributed by atoms with Gasteiger partial charge in [-0.3, -0.25) is 0 Å². The fourth-order valence-corrected chi connectivity index (χ4v) is 2.86. The van der Waals surface area contributed by atoms with Crippen LogP contribution in [0.2, 0.25) is 0 Å². The summed E-state index contributed by atoms with van der Waals surface area (Å²) in [5, 5.41) is 3.05. The quantitative estimate of drug-likeness (QED) is 0.590. The van der Waals surface area contributed by atoms with E-state index in [-0.39, 0.29) is 5.95 Å². The number of nitrogens with two attached hydrogens (primary N) is 2. The summed E-state index contributed by atoms with van der Waals surface area (Å²) in [4.78, 5) is 14.6. The second-order valence-electron chi connectivity index (χ2n) is 5.59. The molecule has 6 nitrogen and oxygen atoms in total. The van der Waals surface area contributed by atoms with Crippen LogP contribution in [0.4, 0.5) is 23.1 Å². The highest BCUT2D eigenvalue weighted by molar-refractivity contribution is 5.97. The molecular weight excluding hydrogens is 300 g/mol. The highest BCUT2D eigenvalue weighted by Crippen LogP contribution is 2.32. The van der Waals surface area contributed by atoms with Gasteiger partial charge in [-0.1, -0.05) is 36.4 Å². The van der Waals surface area contributed by atoms with Gasteiger partial charge in [0, 0.05) is 18.1 Å². The zero-order chi connectivity index (χ0) is 16.7. The molecule has 0 spiro atoms. The smallest absolute Gasteiger partial charge is 0.224 e. The van der Waals surface area contributed by atoms with Gasteiger partial charge in [0.15, 0.2) is 5.65 Å². The number of hydrogen-bond donors (Lipinski definition) is 2. The number of anilines is 4. The molecule has 0 amide bonds. The van der Waals surface area contributed by atoms with Crippen LogP contribution in [0.1, 0.15) is 0 Å². The van der Waals surface area contributed by atoms with Gasteiger partial charge >= 0.3 is 0 Å². The third kappa shape index (κ3) is 2.25. The molecule has 6 heteroatoms. The first kappa shape index (κ1) is 14.2. The van der Waals surface area contributed by atoms with Gasteiger partial charge in [0.1, 0.15) is 5.82 Å². The number of nitrogens with zero attached hydrogens (tertiary/aromatic N) is 4. The Morgan fingerprint density at radius 2 is 1.71 bits per heavy atom. The summed E-state index contributed by atoms with van der Waals surface area (Å²) in [6.07, 6.45) is 1.76. The lowest BCUT2D eigenvalue weighted by molar-refractivity contribution is 1.17. The van der Waals surface area contributed by atoms with Crippen LogP contribution in [-0.4, -0.2) is 22.0 Å². The number of hydrogen-bond acceptors (Lipinski definition) is 6. The molecule has 4 aromatic rings. The highest BCUT2D eigenvalue weighted by atomic mass is 15.1. The monoisotopic (exact) mass is 316 g/mol. The predicted molar refractivity (Wildman–Crippen MR) is 98.2 cm³/mol. The molecule has 0 saturated heterocycles. The maximum atomic E-state index is 5.97. The Balaban J connectivity index is 1.87. The molecule has 4 N–H and O–H groups in total. The Hall–Kier alpha value is -3.41. The molecule has 0 aliphatic heterocycles. The topological polar surface area (TPSA) is 94.0 Å². The first-order valence-corrected chi connectivity index (χ1v) is 7.54. The Morgan fingerprint density at radius 1 is 0.917 bits per heavy atom. The van der Waals surface area contributed by atoms with Crippen molar-refractivity contribution in [2.75, 3.05) is 23.4 Å². The minimum atomic E-state index is 0.127. The van der Waals surface area contributed by atoms with E-state index in [1.807, 2.05) is 31.3 Å². The van der Waals surface area contributed by atoms with Gasteiger partial charge in [-0.25, -0.2) is 4.98 Å². The van der Waals surface area contributed by atoms with E-state index >= 15 is 0 Å². The highest BCUT2D eigenvalue weighted by Gasteiger charge is 2.11. The van der Waals surface area contributed by atoms with Crippen LogP contribution in [0.25, 0.3) is 21.8 Å². The molecule has 0 atom stereocenters. The van der Waals surface area contributed by atoms with Gasteiger partial charge in [-0.05, 0) is 17.5 Å². The van der Waals surface area contributed by atoms with Crippen LogP contribution in [0.15, 0.2) is 54.7 Å². The predicted octanol–water partition coefficient (Wildman–Crippen LogP) is 3.11. The third-order valence-corrected chi connectivity index (χ3v) is 4.10. The third-order valence-electron chi connectivity index (χ3n) is 4.10. The van der Waals surface area contributed by atoms with E-state index in [1.165, 1.54) is 10.8 Å². The molecule has 0 aliphatic rings. The molecule has 2 aromatic heterocycles. The first-order valence-electron chi connectivity index (χ1n) is 7.54. The molecule has 0 saturated carbocycles. The zero-order valence-corrected chi connectivity index (χ0v) is 13.1. The van der Waals surface area contributed by atoms with Crippen LogP contribution in [-0.2, 0) is 0 Å². The molecule has 2 heterocycles. The summed E-state index contributed by atoms with van der Waals surface area (Å²) >= 11 is 0. The molecule has 0 fully saturated rings. The summed E-state index contributed by atoms with van der Waals surface area (Å²) in [6.45, 7) is 0. The van der Waals surface area contributed by atoms with Crippen molar-refractivity contribution in [2.45, 2.75) is 0 Å². The van der Waals surface area contributed by atoms with E-state index in [1.54, 1.807) is 6.20 Å². The largest absolute Gasteiger partial charge is 0.383 e. The van der Waals surface area contributed by atoms with Gasteiger partial charge in [0.25, 0.3) is 0 Å². The molecular formula is C18H16N6. The van der Waals surface area contributed by atoms with E-state index in [0.717, 1.165) is 11.4 Å². The molecule has 0 radical (unpaired) electrons. The van der Waals surface area contributed by atoms with E-state index in [2.05, 4.69) is 44.1 Å². The van der Waals surface area contributed by atoms with Crippen LogP contribution < -0.4 is 16.4 Å². The maximum Gasteiger partial charge on any atom is 0.224 e. The average molecular weight is 316 g/mol. The minimum Gasteiger partial charge on any atom is -0.383 e. The second kappa shape index (κ2) is 5.34. The fraction of sp³-hybridized carbons (Fsp3) is 0.0556. The van der Waals surface area contributed by atoms with Crippen molar-refractivity contribution >= 4 is 44.9 Å². The molecule has 118 valence electrons. The standard InChI is InChI=1S/C18H16N6/c1-24(15-8-4-6-11-5-2-3-7-13(11)15)12-9-14-16(19)22-18(20)23-17(14)21-10-12/h2-10H,1H3,(H4,19,20,21,22,23). The number of pyridine rings is 1. The first-order chi connectivity index (χ1) is 11.6. The number of fused-ring (bicyclic) bond motifs is 2. The Morgan fingerprint density at radius 3 is 2.58 bits per heavy atom. The van der Waals surface area contributed by atoms with Crippen LogP contribution in [0, 0.1) is 0 Å². The normalized spacial score (nSPS) is 11.0. The molecule has 4 rings (SSSR count). The molecule has 0 bridgehead atoms. The van der Waals surface area contributed by atoms with Crippen molar-refractivity contribution in [3.63, 3.8) is 0 Å².